The Labute approximate surface area is 111 Å². The first kappa shape index (κ1) is 13.1. The Morgan fingerprint density at radius 3 is 2.68 bits per heavy atom. The van der Waals surface area contributed by atoms with Crippen LogP contribution in [0, 0.1) is 13.8 Å². The lowest BCUT2D eigenvalue weighted by Crippen LogP contribution is -2.04. The standard InChI is InChI=1S/C14H16N2O3/c1-9-4-5-13(10(2)6-9)19-8-11-7-12(14(17)18)15-16(11)3/h4-7H,8H2,1-3H3,(H,17,18). The van der Waals surface area contributed by atoms with Crippen LogP contribution in [0.15, 0.2) is 24.3 Å². The van der Waals surface area contributed by atoms with Gasteiger partial charge < -0.3 is 9.84 Å². The van der Waals surface area contributed by atoms with Crippen molar-refractivity contribution in [3.63, 3.8) is 0 Å². The average Bonchev–Trinajstić information content (AvgIpc) is 2.70. The summed E-state index contributed by atoms with van der Waals surface area (Å²) in [6.45, 7) is 4.30. The molecule has 0 fully saturated rings. The number of aryl methyl sites for hydroxylation is 3. The van der Waals surface area contributed by atoms with E-state index in [4.69, 9.17) is 9.84 Å². The first-order chi connectivity index (χ1) is 8.97. The number of hydrogen-bond donors (Lipinski definition) is 1. The normalized spacial score (nSPS) is 10.5. The van der Waals surface area contributed by atoms with Gasteiger partial charge in [0.1, 0.15) is 12.4 Å². The first-order valence-corrected chi connectivity index (χ1v) is 5.93. The summed E-state index contributed by atoms with van der Waals surface area (Å²) in [6, 6.07) is 7.46. The van der Waals surface area contributed by atoms with Crippen LogP contribution < -0.4 is 4.74 Å². The lowest BCUT2D eigenvalue weighted by Gasteiger charge is -2.09. The summed E-state index contributed by atoms with van der Waals surface area (Å²) in [5.41, 5.74) is 2.98. The van der Waals surface area contributed by atoms with Gasteiger partial charge in [-0.25, -0.2) is 4.79 Å². The molecule has 1 aromatic carbocycles. The summed E-state index contributed by atoms with van der Waals surface area (Å²) >= 11 is 0. The number of carboxylic acid groups (broad SMARTS) is 1. The zero-order valence-electron chi connectivity index (χ0n) is 11.2. The van der Waals surface area contributed by atoms with E-state index in [9.17, 15) is 4.79 Å². The third kappa shape index (κ3) is 2.93. The number of nitrogens with zero attached hydrogens (tertiary/aromatic N) is 2. The van der Waals surface area contributed by atoms with Crippen LogP contribution in [-0.4, -0.2) is 20.9 Å². The highest BCUT2D eigenvalue weighted by Crippen LogP contribution is 2.20. The van der Waals surface area contributed by atoms with E-state index in [0.29, 0.717) is 6.61 Å². The third-order valence-electron chi connectivity index (χ3n) is 2.90. The highest BCUT2D eigenvalue weighted by atomic mass is 16.5. The molecule has 0 atom stereocenters. The van der Waals surface area contributed by atoms with Gasteiger partial charge in [-0.3, -0.25) is 4.68 Å². The number of aromatic nitrogens is 2. The van der Waals surface area contributed by atoms with Gasteiger partial charge in [-0.15, -0.1) is 0 Å². The molecule has 0 bridgehead atoms. The fourth-order valence-electron chi connectivity index (χ4n) is 1.86. The maximum Gasteiger partial charge on any atom is 0.356 e. The summed E-state index contributed by atoms with van der Waals surface area (Å²) < 4.78 is 7.22. The number of carbonyl (C=O) groups is 1. The van der Waals surface area contributed by atoms with Crippen LogP contribution in [0.4, 0.5) is 0 Å². The van der Waals surface area contributed by atoms with Crippen LogP contribution in [0.2, 0.25) is 0 Å². The number of aromatic carboxylic acids is 1. The monoisotopic (exact) mass is 260 g/mol. The molecule has 19 heavy (non-hydrogen) atoms. The minimum atomic E-state index is -1.03. The van der Waals surface area contributed by atoms with E-state index < -0.39 is 5.97 Å². The summed E-state index contributed by atoms with van der Waals surface area (Å²) in [6.07, 6.45) is 0. The van der Waals surface area contributed by atoms with Crippen molar-refractivity contribution < 1.29 is 14.6 Å². The van der Waals surface area contributed by atoms with Gasteiger partial charge in [-0.2, -0.15) is 5.10 Å². The molecule has 0 aliphatic heterocycles. The summed E-state index contributed by atoms with van der Waals surface area (Å²) in [7, 11) is 1.70. The average molecular weight is 260 g/mol. The fraction of sp³-hybridized carbons (Fsp3) is 0.286. The van der Waals surface area contributed by atoms with E-state index in [1.807, 2.05) is 32.0 Å². The van der Waals surface area contributed by atoms with Gasteiger partial charge in [0.25, 0.3) is 0 Å². The van der Waals surface area contributed by atoms with Crippen molar-refractivity contribution in [2.24, 2.45) is 7.05 Å². The molecule has 0 unspecified atom stereocenters. The van der Waals surface area contributed by atoms with E-state index in [1.54, 1.807) is 7.05 Å². The predicted octanol–water partition coefficient (Wildman–Crippen LogP) is 2.31. The van der Waals surface area contributed by atoms with Gasteiger partial charge in [0.15, 0.2) is 5.69 Å². The van der Waals surface area contributed by atoms with Gasteiger partial charge in [0, 0.05) is 7.05 Å². The van der Waals surface area contributed by atoms with Crippen LogP contribution in [-0.2, 0) is 13.7 Å². The molecule has 0 amide bonds. The van der Waals surface area contributed by atoms with E-state index in [1.165, 1.54) is 16.3 Å². The highest BCUT2D eigenvalue weighted by Gasteiger charge is 2.11. The van der Waals surface area contributed by atoms with Crippen LogP contribution in [0.25, 0.3) is 0 Å². The molecule has 2 aromatic rings. The molecule has 1 N–H and O–H groups in total. The zero-order valence-corrected chi connectivity index (χ0v) is 11.2. The maximum absolute atomic E-state index is 10.8. The van der Waals surface area contributed by atoms with Crippen molar-refractivity contribution in [1.29, 1.82) is 0 Å². The molecular formula is C14H16N2O3. The van der Waals surface area contributed by atoms with Crippen LogP contribution in [0.1, 0.15) is 27.3 Å². The summed E-state index contributed by atoms with van der Waals surface area (Å²) in [5.74, 6) is -0.239. The van der Waals surface area contributed by atoms with Crippen LogP contribution in [0.5, 0.6) is 5.75 Å². The molecule has 0 saturated heterocycles. The van der Waals surface area contributed by atoms with Gasteiger partial charge in [-0.05, 0) is 31.5 Å². The van der Waals surface area contributed by atoms with Crippen molar-refractivity contribution in [2.75, 3.05) is 0 Å². The van der Waals surface area contributed by atoms with E-state index in [-0.39, 0.29) is 5.69 Å². The van der Waals surface area contributed by atoms with E-state index >= 15 is 0 Å². The second-order valence-corrected chi connectivity index (χ2v) is 4.51. The Balaban J connectivity index is 2.12. The Morgan fingerprint density at radius 1 is 1.37 bits per heavy atom. The van der Waals surface area contributed by atoms with E-state index in [0.717, 1.165) is 17.0 Å². The van der Waals surface area contributed by atoms with Gasteiger partial charge in [0.2, 0.25) is 0 Å². The third-order valence-corrected chi connectivity index (χ3v) is 2.90. The van der Waals surface area contributed by atoms with Crippen molar-refractivity contribution >= 4 is 5.97 Å². The summed E-state index contributed by atoms with van der Waals surface area (Å²) in [4.78, 5) is 10.8. The Morgan fingerprint density at radius 2 is 2.11 bits per heavy atom. The largest absolute Gasteiger partial charge is 0.487 e. The van der Waals surface area contributed by atoms with Crippen molar-refractivity contribution in [1.82, 2.24) is 9.78 Å². The fourth-order valence-corrected chi connectivity index (χ4v) is 1.86. The van der Waals surface area contributed by atoms with Crippen molar-refractivity contribution in [2.45, 2.75) is 20.5 Å². The molecule has 5 nitrogen and oxygen atoms in total. The lowest BCUT2D eigenvalue weighted by molar-refractivity contribution is 0.0689. The topological polar surface area (TPSA) is 64.3 Å². The molecule has 5 heteroatoms. The smallest absolute Gasteiger partial charge is 0.356 e. The molecule has 0 aliphatic rings. The van der Waals surface area contributed by atoms with Crippen molar-refractivity contribution in [3.8, 4) is 5.75 Å². The molecule has 1 aromatic heterocycles. The number of carboxylic acids is 1. The van der Waals surface area contributed by atoms with Gasteiger partial charge in [0.05, 0.1) is 5.69 Å². The Kier molecular flexibility index (Phi) is 3.55. The molecule has 0 radical (unpaired) electrons. The number of hydrogen-bond acceptors (Lipinski definition) is 3. The Bertz CT molecular complexity index is 617. The predicted molar refractivity (Wildman–Crippen MR) is 70.4 cm³/mol. The zero-order chi connectivity index (χ0) is 14.0. The maximum atomic E-state index is 10.8. The van der Waals surface area contributed by atoms with Crippen molar-refractivity contribution in [3.05, 3.63) is 46.8 Å². The minimum Gasteiger partial charge on any atom is -0.487 e. The quantitative estimate of drug-likeness (QED) is 0.916. The number of rotatable bonds is 4. The molecule has 1 heterocycles. The van der Waals surface area contributed by atoms with Crippen LogP contribution in [0.3, 0.4) is 0 Å². The second-order valence-electron chi connectivity index (χ2n) is 4.51. The molecule has 0 aliphatic carbocycles. The molecule has 0 spiro atoms. The van der Waals surface area contributed by atoms with Gasteiger partial charge >= 0.3 is 5.97 Å². The molecular weight excluding hydrogens is 244 g/mol. The second kappa shape index (κ2) is 5.14. The lowest BCUT2D eigenvalue weighted by atomic mass is 10.1. The molecule has 0 saturated carbocycles. The first-order valence-electron chi connectivity index (χ1n) is 5.93. The SMILES string of the molecule is Cc1ccc(OCc2cc(C(=O)O)nn2C)c(C)c1. The van der Waals surface area contributed by atoms with E-state index in [2.05, 4.69) is 5.10 Å². The van der Waals surface area contributed by atoms with Crippen LogP contribution >= 0.6 is 0 Å². The molecule has 2 rings (SSSR count). The Hall–Kier alpha value is -2.30. The molecule has 100 valence electrons. The van der Waals surface area contributed by atoms with Gasteiger partial charge in [-0.1, -0.05) is 17.7 Å². The minimum absolute atomic E-state index is 0.0294. The number of ether oxygens (including phenoxy) is 1. The highest BCUT2D eigenvalue weighted by molar-refractivity contribution is 5.85. The summed E-state index contributed by atoms with van der Waals surface area (Å²) in [5, 5.41) is 12.8. The number of benzene rings is 1.